The number of hydrogen-bond donors (Lipinski definition) is 0. The van der Waals surface area contributed by atoms with Crippen molar-refractivity contribution in [2.24, 2.45) is 0 Å². The van der Waals surface area contributed by atoms with Gasteiger partial charge in [-0.2, -0.15) is 0 Å². The highest BCUT2D eigenvalue weighted by molar-refractivity contribution is 7.21. The number of rotatable bonds is 17. The number of benzene rings is 2. The molecule has 0 saturated carbocycles. The zero-order valence-electron chi connectivity index (χ0n) is 20.6. The van der Waals surface area contributed by atoms with Crippen LogP contribution < -0.4 is 9.47 Å². The van der Waals surface area contributed by atoms with Gasteiger partial charge in [-0.15, -0.1) is 11.3 Å². The summed E-state index contributed by atoms with van der Waals surface area (Å²) in [6.07, 6.45) is 15.5. The number of nitrogens with zero attached hydrogens (tertiary/aromatic N) is 1. The van der Waals surface area contributed by atoms with Crippen LogP contribution in [0.4, 0.5) is 0 Å². The van der Waals surface area contributed by atoms with Crippen molar-refractivity contribution >= 4 is 21.6 Å². The fourth-order valence-corrected chi connectivity index (χ4v) is 4.96. The summed E-state index contributed by atoms with van der Waals surface area (Å²) in [6, 6.07) is 14.6. The Bertz CT molecular complexity index is 919. The molecule has 3 nitrogen and oxygen atoms in total. The average Bonchev–Trinajstić information content (AvgIpc) is 3.27. The van der Waals surface area contributed by atoms with Crippen LogP contribution in [0.25, 0.3) is 20.8 Å². The lowest BCUT2D eigenvalue weighted by atomic mass is 10.1. The Balaban J connectivity index is 1.43. The van der Waals surface area contributed by atoms with Crippen molar-refractivity contribution in [2.75, 3.05) is 13.2 Å². The highest BCUT2D eigenvalue weighted by atomic mass is 32.1. The molecule has 0 saturated heterocycles. The summed E-state index contributed by atoms with van der Waals surface area (Å²) < 4.78 is 13.1. The van der Waals surface area contributed by atoms with E-state index in [4.69, 9.17) is 14.5 Å². The van der Waals surface area contributed by atoms with Gasteiger partial charge >= 0.3 is 0 Å². The van der Waals surface area contributed by atoms with Crippen molar-refractivity contribution in [2.45, 2.75) is 90.9 Å². The Labute approximate surface area is 204 Å². The minimum absolute atomic E-state index is 0.794. The minimum atomic E-state index is 0.794. The first-order valence-electron chi connectivity index (χ1n) is 13.1. The molecule has 0 unspecified atom stereocenters. The van der Waals surface area contributed by atoms with Gasteiger partial charge in [0.15, 0.2) is 0 Å². The molecule has 0 atom stereocenters. The average molecular weight is 468 g/mol. The number of thiazole rings is 1. The molecule has 180 valence electrons. The second-order valence-corrected chi connectivity index (χ2v) is 9.94. The van der Waals surface area contributed by atoms with Crippen LogP contribution in [-0.4, -0.2) is 18.2 Å². The highest BCUT2D eigenvalue weighted by Gasteiger charge is 2.08. The molecule has 33 heavy (non-hydrogen) atoms. The zero-order chi connectivity index (χ0) is 23.1. The van der Waals surface area contributed by atoms with Crippen LogP contribution in [-0.2, 0) is 0 Å². The van der Waals surface area contributed by atoms with Gasteiger partial charge in [-0.25, -0.2) is 4.98 Å². The molecule has 0 aliphatic rings. The van der Waals surface area contributed by atoms with Gasteiger partial charge in [0.2, 0.25) is 0 Å². The fourth-order valence-electron chi connectivity index (χ4n) is 3.96. The minimum Gasteiger partial charge on any atom is -0.494 e. The lowest BCUT2D eigenvalue weighted by molar-refractivity contribution is 0.304. The van der Waals surface area contributed by atoms with Gasteiger partial charge in [-0.05, 0) is 55.3 Å². The van der Waals surface area contributed by atoms with E-state index in [1.165, 1.54) is 68.9 Å². The molecule has 3 aromatic rings. The Morgan fingerprint density at radius 1 is 0.636 bits per heavy atom. The van der Waals surface area contributed by atoms with Gasteiger partial charge in [-0.3, -0.25) is 0 Å². The van der Waals surface area contributed by atoms with Gasteiger partial charge in [-0.1, -0.05) is 78.1 Å². The number of hydrogen-bond acceptors (Lipinski definition) is 4. The van der Waals surface area contributed by atoms with Crippen molar-refractivity contribution in [1.29, 1.82) is 0 Å². The predicted molar refractivity (Wildman–Crippen MR) is 143 cm³/mol. The monoisotopic (exact) mass is 467 g/mol. The largest absolute Gasteiger partial charge is 0.494 e. The third-order valence-electron chi connectivity index (χ3n) is 5.99. The summed E-state index contributed by atoms with van der Waals surface area (Å²) >= 11 is 1.72. The summed E-state index contributed by atoms with van der Waals surface area (Å²) in [4.78, 5) is 4.82. The smallest absolute Gasteiger partial charge is 0.124 e. The number of ether oxygens (including phenoxy) is 2. The molecule has 3 rings (SSSR count). The first kappa shape index (κ1) is 25.6. The molecule has 0 N–H and O–H groups in total. The Morgan fingerprint density at radius 3 is 1.85 bits per heavy atom. The van der Waals surface area contributed by atoms with Gasteiger partial charge in [0.25, 0.3) is 0 Å². The van der Waals surface area contributed by atoms with Crippen molar-refractivity contribution < 1.29 is 9.47 Å². The quantitative estimate of drug-likeness (QED) is 0.185. The molecule has 4 heteroatoms. The molecule has 0 aliphatic heterocycles. The van der Waals surface area contributed by atoms with Gasteiger partial charge in [0.1, 0.15) is 16.5 Å². The third kappa shape index (κ3) is 9.00. The van der Waals surface area contributed by atoms with E-state index in [0.717, 1.165) is 53.6 Å². The van der Waals surface area contributed by atoms with E-state index >= 15 is 0 Å². The second-order valence-electron chi connectivity index (χ2n) is 8.91. The Hall–Kier alpha value is -2.07. The lowest BCUT2D eigenvalue weighted by Gasteiger charge is -2.06. The van der Waals surface area contributed by atoms with Crippen molar-refractivity contribution in [3.8, 4) is 22.1 Å². The summed E-state index contributed by atoms with van der Waals surface area (Å²) in [6.45, 7) is 6.09. The van der Waals surface area contributed by atoms with E-state index in [2.05, 4.69) is 50.2 Å². The summed E-state index contributed by atoms with van der Waals surface area (Å²) in [5.41, 5.74) is 2.17. The lowest BCUT2D eigenvalue weighted by Crippen LogP contribution is -1.97. The SMILES string of the molecule is CCCCCCCCCCOc1ccc2nc(-c3ccc(OCCCCCC)cc3)sc2c1. The van der Waals surface area contributed by atoms with Crippen LogP contribution >= 0.6 is 11.3 Å². The van der Waals surface area contributed by atoms with Crippen LogP contribution in [0.5, 0.6) is 11.5 Å². The molecule has 0 aliphatic carbocycles. The van der Waals surface area contributed by atoms with Gasteiger partial charge in [0.05, 0.1) is 23.4 Å². The van der Waals surface area contributed by atoms with Crippen LogP contribution in [0.15, 0.2) is 42.5 Å². The molecule has 0 amide bonds. The topological polar surface area (TPSA) is 31.4 Å². The van der Waals surface area contributed by atoms with Crippen LogP contribution in [0.2, 0.25) is 0 Å². The molecule has 1 aromatic heterocycles. The first-order chi connectivity index (χ1) is 16.3. The van der Waals surface area contributed by atoms with Crippen LogP contribution in [0, 0.1) is 0 Å². The maximum Gasteiger partial charge on any atom is 0.124 e. The van der Waals surface area contributed by atoms with Gasteiger partial charge in [0, 0.05) is 5.56 Å². The summed E-state index contributed by atoms with van der Waals surface area (Å²) in [7, 11) is 0. The van der Waals surface area contributed by atoms with E-state index in [1.54, 1.807) is 11.3 Å². The maximum absolute atomic E-state index is 6.01. The molecule has 2 aromatic carbocycles. The molecular formula is C29H41NO2S. The normalized spacial score (nSPS) is 11.2. The van der Waals surface area contributed by atoms with E-state index in [9.17, 15) is 0 Å². The van der Waals surface area contributed by atoms with Crippen molar-refractivity contribution in [1.82, 2.24) is 4.98 Å². The fraction of sp³-hybridized carbons (Fsp3) is 0.552. The van der Waals surface area contributed by atoms with Crippen molar-refractivity contribution in [3.63, 3.8) is 0 Å². The molecule has 0 radical (unpaired) electrons. The highest BCUT2D eigenvalue weighted by Crippen LogP contribution is 2.33. The predicted octanol–water partition coefficient (Wildman–Crippen LogP) is 9.44. The molecular weight excluding hydrogens is 426 g/mol. The maximum atomic E-state index is 6.01. The number of aromatic nitrogens is 1. The number of fused-ring (bicyclic) bond motifs is 1. The summed E-state index contributed by atoms with van der Waals surface area (Å²) in [5, 5.41) is 1.04. The Morgan fingerprint density at radius 2 is 1.18 bits per heavy atom. The van der Waals surface area contributed by atoms with E-state index < -0.39 is 0 Å². The molecule has 0 bridgehead atoms. The zero-order valence-corrected chi connectivity index (χ0v) is 21.4. The van der Waals surface area contributed by atoms with Crippen molar-refractivity contribution in [3.05, 3.63) is 42.5 Å². The van der Waals surface area contributed by atoms with Crippen LogP contribution in [0.3, 0.4) is 0 Å². The molecule has 1 heterocycles. The van der Waals surface area contributed by atoms with E-state index in [-0.39, 0.29) is 0 Å². The second kappa shape index (κ2) is 15.0. The molecule has 0 spiro atoms. The first-order valence-corrected chi connectivity index (χ1v) is 13.9. The third-order valence-corrected chi connectivity index (χ3v) is 7.06. The van der Waals surface area contributed by atoms with Crippen LogP contribution in [0.1, 0.15) is 90.9 Å². The summed E-state index contributed by atoms with van der Waals surface area (Å²) in [5.74, 6) is 1.89. The van der Waals surface area contributed by atoms with Gasteiger partial charge < -0.3 is 9.47 Å². The Kier molecular flexibility index (Phi) is 11.6. The molecule has 0 fully saturated rings. The number of unbranched alkanes of at least 4 members (excludes halogenated alkanes) is 10. The van der Waals surface area contributed by atoms with E-state index in [0.29, 0.717) is 0 Å². The van der Waals surface area contributed by atoms with E-state index in [1.807, 2.05) is 6.07 Å². The standard InChI is InChI=1S/C29H41NO2S/c1-3-5-7-9-10-11-12-14-22-32-26-19-20-27-28(23-26)33-29(30-27)24-15-17-25(18-16-24)31-21-13-8-6-4-2/h15-20,23H,3-14,21-22H2,1-2H3.